The number of hydrogen-bond donors (Lipinski definition) is 0. The fraction of sp³-hybridized carbons (Fsp3) is 0.267. The van der Waals surface area contributed by atoms with E-state index in [9.17, 15) is 4.79 Å². The number of fused-ring (bicyclic) bond motifs is 1. The molecule has 0 atom stereocenters. The van der Waals surface area contributed by atoms with Gasteiger partial charge in [0.05, 0.1) is 16.6 Å². The van der Waals surface area contributed by atoms with Crippen LogP contribution in [-0.4, -0.2) is 41.5 Å². The van der Waals surface area contributed by atoms with Crippen LogP contribution in [0.3, 0.4) is 0 Å². The summed E-state index contributed by atoms with van der Waals surface area (Å²) in [6.45, 7) is 3.37. The molecule has 1 aliphatic rings. The lowest BCUT2D eigenvalue weighted by Crippen LogP contribution is -2.38. The Labute approximate surface area is 157 Å². The van der Waals surface area contributed by atoms with E-state index in [4.69, 9.17) is 23.2 Å². The number of halogens is 2. The molecule has 1 aliphatic heterocycles. The van der Waals surface area contributed by atoms with Gasteiger partial charge >= 0.3 is 0 Å². The second-order valence-electron chi connectivity index (χ2n) is 5.59. The van der Waals surface area contributed by atoms with Crippen LogP contribution in [0.15, 0.2) is 18.2 Å². The molecule has 25 heavy (non-hydrogen) atoms. The maximum absolute atomic E-state index is 12.7. The summed E-state index contributed by atoms with van der Waals surface area (Å²) in [6, 6.07) is 4.88. The van der Waals surface area contributed by atoms with Crippen LogP contribution >= 0.6 is 34.7 Å². The monoisotopic (exact) mass is 394 g/mol. The van der Waals surface area contributed by atoms with Gasteiger partial charge in [0.2, 0.25) is 0 Å². The van der Waals surface area contributed by atoms with Crippen LogP contribution < -0.4 is 0 Å². The van der Waals surface area contributed by atoms with Crippen molar-refractivity contribution in [3.8, 4) is 10.8 Å². The van der Waals surface area contributed by atoms with Gasteiger partial charge < -0.3 is 9.47 Å². The van der Waals surface area contributed by atoms with Crippen molar-refractivity contribution < 1.29 is 4.79 Å². The van der Waals surface area contributed by atoms with E-state index in [1.807, 2.05) is 11.5 Å². The molecule has 3 aromatic rings. The summed E-state index contributed by atoms with van der Waals surface area (Å²) < 4.78 is 6.17. The van der Waals surface area contributed by atoms with E-state index < -0.39 is 0 Å². The standard InChI is InChI=1S/C15H12Cl2N6OS/c1-8-18-14(25-21-8)13-20-19-12-7-22(4-5-23(12)13)15(24)9-2-3-10(16)11(17)6-9/h2-3,6H,4-5,7H2,1H3. The second-order valence-corrected chi connectivity index (χ2v) is 7.16. The number of hydrogen-bond acceptors (Lipinski definition) is 6. The molecule has 7 nitrogen and oxygen atoms in total. The van der Waals surface area contributed by atoms with E-state index in [2.05, 4.69) is 19.6 Å². The van der Waals surface area contributed by atoms with E-state index in [0.717, 1.165) is 10.8 Å². The van der Waals surface area contributed by atoms with E-state index >= 15 is 0 Å². The second kappa shape index (κ2) is 6.36. The van der Waals surface area contributed by atoms with Crippen LogP contribution in [0, 0.1) is 6.92 Å². The van der Waals surface area contributed by atoms with Gasteiger partial charge in [-0.2, -0.15) is 4.37 Å². The Balaban J connectivity index is 1.58. The minimum atomic E-state index is -0.110. The average Bonchev–Trinajstić information content (AvgIpc) is 3.22. The Bertz CT molecular complexity index is 969. The Morgan fingerprint density at radius 1 is 1.20 bits per heavy atom. The average molecular weight is 395 g/mol. The number of nitrogens with zero attached hydrogens (tertiary/aromatic N) is 6. The SMILES string of the molecule is Cc1nsc(-c2nnc3n2CCN(C(=O)c2ccc(Cl)c(Cl)c2)C3)n1. The van der Waals surface area contributed by atoms with Gasteiger partial charge in [-0.05, 0) is 36.7 Å². The normalized spacial score (nSPS) is 13.8. The predicted octanol–water partition coefficient (Wildman–Crippen LogP) is 3.07. The van der Waals surface area contributed by atoms with Crippen LogP contribution in [0.25, 0.3) is 10.8 Å². The van der Waals surface area contributed by atoms with Crippen molar-refractivity contribution in [2.75, 3.05) is 6.54 Å². The van der Waals surface area contributed by atoms with Crippen LogP contribution in [0.4, 0.5) is 0 Å². The molecule has 1 amide bonds. The lowest BCUT2D eigenvalue weighted by atomic mass is 10.2. The molecule has 0 N–H and O–H groups in total. The minimum absolute atomic E-state index is 0.110. The third-order valence-electron chi connectivity index (χ3n) is 3.93. The number of aromatic nitrogens is 5. The first-order chi connectivity index (χ1) is 12.0. The number of benzene rings is 1. The van der Waals surface area contributed by atoms with E-state index in [1.165, 1.54) is 11.5 Å². The Hall–Kier alpha value is -2.03. The summed E-state index contributed by atoms with van der Waals surface area (Å²) in [7, 11) is 0. The molecule has 4 rings (SSSR count). The van der Waals surface area contributed by atoms with Gasteiger partial charge in [-0.1, -0.05) is 23.2 Å². The highest BCUT2D eigenvalue weighted by Crippen LogP contribution is 2.26. The number of amides is 1. The van der Waals surface area contributed by atoms with Crippen molar-refractivity contribution in [3.63, 3.8) is 0 Å². The van der Waals surface area contributed by atoms with Gasteiger partial charge in [0.1, 0.15) is 5.82 Å². The fourth-order valence-electron chi connectivity index (χ4n) is 2.69. The van der Waals surface area contributed by atoms with Gasteiger partial charge in [0.15, 0.2) is 16.7 Å². The summed E-state index contributed by atoms with van der Waals surface area (Å²) in [5, 5.41) is 9.95. The number of rotatable bonds is 2. The fourth-order valence-corrected chi connectivity index (χ4v) is 3.65. The molecular formula is C15H12Cl2N6OS. The highest BCUT2D eigenvalue weighted by Gasteiger charge is 2.27. The zero-order valence-corrected chi connectivity index (χ0v) is 15.4. The predicted molar refractivity (Wildman–Crippen MR) is 94.9 cm³/mol. The topological polar surface area (TPSA) is 76.8 Å². The lowest BCUT2D eigenvalue weighted by molar-refractivity contribution is 0.0708. The van der Waals surface area contributed by atoms with Crippen molar-refractivity contribution in [1.29, 1.82) is 0 Å². The largest absolute Gasteiger partial charge is 0.329 e. The van der Waals surface area contributed by atoms with Gasteiger partial charge in [-0.25, -0.2) is 4.98 Å². The molecule has 128 valence electrons. The van der Waals surface area contributed by atoms with Crippen molar-refractivity contribution in [1.82, 2.24) is 29.0 Å². The maximum atomic E-state index is 12.7. The summed E-state index contributed by atoms with van der Waals surface area (Å²) in [5.41, 5.74) is 0.502. The quantitative estimate of drug-likeness (QED) is 0.667. The summed E-state index contributed by atoms with van der Waals surface area (Å²) in [4.78, 5) is 18.8. The lowest BCUT2D eigenvalue weighted by Gasteiger charge is -2.27. The number of carbonyl (C=O) groups excluding carboxylic acids is 1. The Kier molecular flexibility index (Phi) is 4.18. The molecule has 0 unspecified atom stereocenters. The van der Waals surface area contributed by atoms with Crippen molar-refractivity contribution in [2.24, 2.45) is 0 Å². The Morgan fingerprint density at radius 3 is 2.76 bits per heavy atom. The molecule has 0 saturated carbocycles. The molecule has 0 fully saturated rings. The van der Waals surface area contributed by atoms with Crippen LogP contribution in [0.2, 0.25) is 10.0 Å². The summed E-state index contributed by atoms with van der Waals surface area (Å²) >= 11 is 13.2. The molecular weight excluding hydrogens is 383 g/mol. The van der Waals surface area contributed by atoms with Gasteiger partial charge in [-0.3, -0.25) is 4.79 Å². The zero-order chi connectivity index (χ0) is 17.6. The summed E-state index contributed by atoms with van der Waals surface area (Å²) in [6.07, 6.45) is 0. The molecule has 0 saturated heterocycles. The first-order valence-electron chi connectivity index (χ1n) is 7.50. The first-order valence-corrected chi connectivity index (χ1v) is 9.03. The molecule has 0 aliphatic carbocycles. The van der Waals surface area contributed by atoms with Crippen molar-refractivity contribution in [2.45, 2.75) is 20.0 Å². The van der Waals surface area contributed by atoms with E-state index in [1.54, 1.807) is 23.1 Å². The van der Waals surface area contributed by atoms with Crippen LogP contribution in [0.5, 0.6) is 0 Å². The third kappa shape index (κ3) is 3.01. The van der Waals surface area contributed by atoms with Gasteiger partial charge in [-0.15, -0.1) is 10.2 Å². The highest BCUT2D eigenvalue weighted by molar-refractivity contribution is 7.09. The highest BCUT2D eigenvalue weighted by atomic mass is 35.5. The molecule has 0 bridgehead atoms. The molecule has 10 heteroatoms. The molecule has 3 heterocycles. The number of carbonyl (C=O) groups is 1. The van der Waals surface area contributed by atoms with E-state index in [0.29, 0.717) is 46.9 Å². The zero-order valence-electron chi connectivity index (χ0n) is 13.1. The summed E-state index contributed by atoms with van der Waals surface area (Å²) in [5.74, 6) is 2.02. The van der Waals surface area contributed by atoms with Crippen molar-refractivity contribution in [3.05, 3.63) is 45.5 Å². The maximum Gasteiger partial charge on any atom is 0.254 e. The van der Waals surface area contributed by atoms with Gasteiger partial charge in [0.25, 0.3) is 5.91 Å². The third-order valence-corrected chi connectivity index (χ3v) is 5.47. The van der Waals surface area contributed by atoms with Crippen molar-refractivity contribution >= 4 is 40.6 Å². The van der Waals surface area contributed by atoms with E-state index in [-0.39, 0.29) is 5.91 Å². The minimum Gasteiger partial charge on any atom is -0.329 e. The van der Waals surface area contributed by atoms with Crippen LogP contribution in [-0.2, 0) is 13.1 Å². The molecule has 0 spiro atoms. The van der Waals surface area contributed by atoms with Gasteiger partial charge in [0, 0.05) is 18.7 Å². The first kappa shape index (κ1) is 16.4. The smallest absolute Gasteiger partial charge is 0.254 e. The van der Waals surface area contributed by atoms with Crippen LogP contribution in [0.1, 0.15) is 22.0 Å². The Morgan fingerprint density at radius 2 is 2.04 bits per heavy atom. The number of aryl methyl sites for hydroxylation is 1. The molecule has 0 radical (unpaired) electrons. The molecule has 2 aromatic heterocycles. The molecule has 1 aromatic carbocycles.